The van der Waals surface area contributed by atoms with Crippen LogP contribution in [0.15, 0.2) is 18.2 Å². The summed E-state index contributed by atoms with van der Waals surface area (Å²) in [6.45, 7) is 1.10. The van der Waals surface area contributed by atoms with Crippen LogP contribution >= 0.6 is 0 Å². The largest absolute Gasteiger partial charge is 0.468 e. The summed E-state index contributed by atoms with van der Waals surface area (Å²) >= 11 is 0. The second-order valence-electron chi connectivity index (χ2n) is 4.36. The lowest BCUT2D eigenvalue weighted by molar-refractivity contribution is -0.143. The Bertz CT molecular complexity index is 439. The monoisotopic (exact) mass is 272 g/mol. The van der Waals surface area contributed by atoms with Gasteiger partial charge in [0.15, 0.2) is 11.6 Å². The van der Waals surface area contributed by atoms with Crippen molar-refractivity contribution in [1.29, 1.82) is 0 Å². The molecule has 0 bridgehead atoms. The predicted octanol–water partition coefficient (Wildman–Crippen LogP) is 1.33. The Kier molecular flexibility index (Phi) is 5.85. The van der Waals surface area contributed by atoms with Crippen LogP contribution in [0.1, 0.15) is 11.6 Å². The molecule has 0 aliphatic carbocycles. The number of nitrogens with zero attached hydrogens (tertiary/aromatic N) is 1. The first-order valence-corrected chi connectivity index (χ1v) is 5.87. The molecule has 106 valence electrons. The van der Waals surface area contributed by atoms with Crippen molar-refractivity contribution in [2.24, 2.45) is 0 Å². The van der Waals surface area contributed by atoms with Crippen molar-refractivity contribution in [2.45, 2.75) is 6.04 Å². The van der Waals surface area contributed by atoms with Crippen molar-refractivity contribution in [3.05, 3.63) is 35.4 Å². The lowest BCUT2D eigenvalue weighted by Crippen LogP contribution is -2.35. The smallest absolute Gasteiger partial charge is 0.327 e. The first-order chi connectivity index (χ1) is 8.97. The first-order valence-electron chi connectivity index (χ1n) is 5.87. The predicted molar refractivity (Wildman–Crippen MR) is 67.7 cm³/mol. The zero-order valence-electron chi connectivity index (χ0n) is 11.2. The first kappa shape index (κ1) is 15.5. The molecular formula is C13H18F2N2O2. The number of carbonyl (C=O) groups excluding carboxylic acids is 1. The van der Waals surface area contributed by atoms with E-state index in [0.717, 1.165) is 6.07 Å². The molecule has 0 aromatic heterocycles. The van der Waals surface area contributed by atoms with Gasteiger partial charge < -0.3 is 9.64 Å². The molecule has 0 saturated heterocycles. The van der Waals surface area contributed by atoms with E-state index in [1.54, 1.807) is 0 Å². The molecule has 1 atom stereocenters. The van der Waals surface area contributed by atoms with E-state index in [-0.39, 0.29) is 5.56 Å². The normalized spacial score (nSPS) is 12.5. The number of carbonyl (C=O) groups is 1. The fraction of sp³-hybridized carbons (Fsp3) is 0.462. The van der Waals surface area contributed by atoms with Gasteiger partial charge in [-0.3, -0.25) is 5.32 Å². The molecule has 0 amide bonds. The number of benzene rings is 1. The molecule has 0 fully saturated rings. The molecule has 4 nitrogen and oxygen atoms in total. The topological polar surface area (TPSA) is 41.6 Å². The minimum absolute atomic E-state index is 0.0504. The third-order valence-corrected chi connectivity index (χ3v) is 2.64. The Morgan fingerprint density at radius 3 is 2.68 bits per heavy atom. The molecule has 1 aromatic rings. The lowest BCUT2D eigenvalue weighted by Gasteiger charge is -2.19. The number of hydrogen-bond donors (Lipinski definition) is 1. The van der Waals surface area contributed by atoms with Gasteiger partial charge in [-0.2, -0.15) is 0 Å². The molecule has 1 aromatic carbocycles. The van der Waals surface area contributed by atoms with Gasteiger partial charge in [0.1, 0.15) is 6.04 Å². The van der Waals surface area contributed by atoms with Gasteiger partial charge in [-0.05, 0) is 20.2 Å². The SMILES string of the molecule is COC(=O)C(NCCN(C)C)c1cccc(F)c1F. The second-order valence-corrected chi connectivity index (χ2v) is 4.36. The highest BCUT2D eigenvalue weighted by Gasteiger charge is 2.25. The summed E-state index contributed by atoms with van der Waals surface area (Å²) in [6, 6.07) is 2.72. The van der Waals surface area contributed by atoms with E-state index in [2.05, 4.69) is 10.1 Å². The number of ether oxygens (including phenoxy) is 1. The van der Waals surface area contributed by atoms with E-state index in [4.69, 9.17) is 0 Å². The van der Waals surface area contributed by atoms with Crippen molar-refractivity contribution in [3.8, 4) is 0 Å². The molecule has 1 N–H and O–H groups in total. The molecule has 0 spiro atoms. The number of rotatable bonds is 6. The van der Waals surface area contributed by atoms with E-state index in [0.29, 0.717) is 13.1 Å². The van der Waals surface area contributed by atoms with Crippen LogP contribution in [0.5, 0.6) is 0 Å². The minimum Gasteiger partial charge on any atom is -0.468 e. The highest BCUT2D eigenvalue weighted by molar-refractivity contribution is 5.77. The van der Waals surface area contributed by atoms with Gasteiger partial charge in [-0.1, -0.05) is 12.1 Å². The summed E-state index contributed by atoms with van der Waals surface area (Å²) < 4.78 is 31.5. The summed E-state index contributed by atoms with van der Waals surface area (Å²) in [5.41, 5.74) is -0.0504. The van der Waals surface area contributed by atoms with E-state index in [1.807, 2.05) is 19.0 Å². The van der Waals surface area contributed by atoms with Gasteiger partial charge in [-0.25, -0.2) is 13.6 Å². The van der Waals surface area contributed by atoms with Crippen LogP contribution in [0, 0.1) is 11.6 Å². The quantitative estimate of drug-likeness (QED) is 0.793. The molecule has 6 heteroatoms. The molecule has 0 saturated carbocycles. The summed E-state index contributed by atoms with van der Waals surface area (Å²) in [5.74, 6) is -2.67. The summed E-state index contributed by atoms with van der Waals surface area (Å²) in [4.78, 5) is 13.6. The Labute approximate surface area is 111 Å². The number of nitrogens with one attached hydrogen (secondary N) is 1. The zero-order chi connectivity index (χ0) is 14.4. The molecule has 1 unspecified atom stereocenters. The maximum Gasteiger partial charge on any atom is 0.327 e. The van der Waals surface area contributed by atoms with Crippen molar-refractivity contribution >= 4 is 5.97 Å². The minimum atomic E-state index is -1.03. The fourth-order valence-electron chi connectivity index (χ4n) is 1.61. The summed E-state index contributed by atoms with van der Waals surface area (Å²) in [7, 11) is 4.95. The van der Waals surface area contributed by atoms with Crippen LogP contribution in [-0.4, -0.2) is 45.2 Å². The Balaban J connectivity index is 2.90. The maximum absolute atomic E-state index is 13.7. The van der Waals surface area contributed by atoms with Crippen LogP contribution in [0.3, 0.4) is 0 Å². The van der Waals surface area contributed by atoms with Gasteiger partial charge in [0, 0.05) is 18.7 Å². The zero-order valence-corrected chi connectivity index (χ0v) is 11.2. The molecule has 0 aliphatic rings. The Hall–Kier alpha value is -1.53. The maximum atomic E-state index is 13.7. The van der Waals surface area contributed by atoms with Crippen molar-refractivity contribution in [2.75, 3.05) is 34.3 Å². The molecule has 0 aliphatic heterocycles. The number of halogens is 2. The lowest BCUT2D eigenvalue weighted by atomic mass is 10.1. The Morgan fingerprint density at radius 1 is 1.42 bits per heavy atom. The summed E-state index contributed by atoms with van der Waals surface area (Å²) in [6.07, 6.45) is 0. The van der Waals surface area contributed by atoms with Crippen LogP contribution < -0.4 is 5.32 Å². The highest BCUT2D eigenvalue weighted by atomic mass is 19.2. The van der Waals surface area contributed by atoms with Gasteiger partial charge in [0.25, 0.3) is 0 Å². The van der Waals surface area contributed by atoms with Crippen LogP contribution in [-0.2, 0) is 9.53 Å². The second kappa shape index (κ2) is 7.16. The highest BCUT2D eigenvalue weighted by Crippen LogP contribution is 2.20. The van der Waals surface area contributed by atoms with Gasteiger partial charge in [0.2, 0.25) is 0 Å². The average molecular weight is 272 g/mol. The number of likely N-dealkylation sites (N-methyl/N-ethyl adjacent to an activating group) is 1. The molecule has 19 heavy (non-hydrogen) atoms. The van der Waals surface area contributed by atoms with E-state index in [9.17, 15) is 13.6 Å². The van der Waals surface area contributed by atoms with Gasteiger partial charge in [-0.15, -0.1) is 0 Å². The standard InChI is InChI=1S/C13H18F2N2O2/c1-17(2)8-7-16-12(13(18)19-3)9-5-4-6-10(14)11(9)15/h4-6,12,16H,7-8H2,1-3H3. The average Bonchev–Trinajstić information content (AvgIpc) is 2.37. The van der Waals surface area contributed by atoms with Crippen LogP contribution in [0.4, 0.5) is 8.78 Å². The van der Waals surface area contributed by atoms with Crippen molar-refractivity contribution in [1.82, 2.24) is 10.2 Å². The molecule has 0 radical (unpaired) electrons. The molecule has 0 heterocycles. The third kappa shape index (κ3) is 4.25. The number of methoxy groups -OCH3 is 1. The molecular weight excluding hydrogens is 254 g/mol. The van der Waals surface area contributed by atoms with Gasteiger partial charge in [0.05, 0.1) is 7.11 Å². The van der Waals surface area contributed by atoms with Crippen LogP contribution in [0.2, 0.25) is 0 Å². The van der Waals surface area contributed by atoms with E-state index < -0.39 is 23.6 Å². The van der Waals surface area contributed by atoms with Crippen molar-refractivity contribution in [3.63, 3.8) is 0 Å². The third-order valence-electron chi connectivity index (χ3n) is 2.64. The van der Waals surface area contributed by atoms with E-state index >= 15 is 0 Å². The fourth-order valence-corrected chi connectivity index (χ4v) is 1.61. The molecule has 1 rings (SSSR count). The van der Waals surface area contributed by atoms with Gasteiger partial charge >= 0.3 is 5.97 Å². The number of esters is 1. The number of hydrogen-bond acceptors (Lipinski definition) is 4. The Morgan fingerprint density at radius 2 is 2.11 bits per heavy atom. The summed E-state index contributed by atoms with van der Waals surface area (Å²) in [5, 5.41) is 2.86. The van der Waals surface area contributed by atoms with Crippen molar-refractivity contribution < 1.29 is 18.3 Å². The van der Waals surface area contributed by atoms with E-state index in [1.165, 1.54) is 19.2 Å². The van der Waals surface area contributed by atoms with Crippen LogP contribution in [0.25, 0.3) is 0 Å².